The van der Waals surface area contributed by atoms with Gasteiger partial charge in [-0.25, -0.2) is 0 Å². The molecule has 66 valence electrons. The largest absolute Gasteiger partial charge is 0.393 e. The van der Waals surface area contributed by atoms with Gasteiger partial charge in [0, 0.05) is 0 Å². The molecule has 0 saturated heterocycles. The van der Waals surface area contributed by atoms with Crippen LogP contribution in [0.3, 0.4) is 0 Å². The molecule has 0 amide bonds. The van der Waals surface area contributed by atoms with Gasteiger partial charge in [-0.15, -0.1) is 0 Å². The molecule has 11 heavy (non-hydrogen) atoms. The monoisotopic (exact) mass is 228 g/mol. The topological polar surface area (TPSA) is 20.2 Å². The molecule has 0 heterocycles. The van der Waals surface area contributed by atoms with Gasteiger partial charge in [-0.05, 0) is 28.8 Å². The van der Waals surface area contributed by atoms with Crippen LogP contribution in [0.15, 0.2) is 0 Å². The lowest BCUT2D eigenvalue weighted by atomic mass is 9.87. The fourth-order valence-corrected chi connectivity index (χ4v) is 2.03. The minimum Gasteiger partial charge on any atom is -0.393 e. The number of hydrogen-bond donors (Lipinski definition) is 1. The summed E-state index contributed by atoms with van der Waals surface area (Å²) in [6.45, 7) is 0. The molecule has 1 N–H and O–H groups in total. The number of alkyl halides is 3. The SMILES string of the molecule is OC1CCCCC1C(F)(F)Br. The van der Waals surface area contributed by atoms with E-state index in [1.807, 2.05) is 0 Å². The zero-order valence-electron chi connectivity index (χ0n) is 6.06. The molecule has 0 spiro atoms. The third-order valence-corrected chi connectivity index (χ3v) is 2.74. The van der Waals surface area contributed by atoms with E-state index in [0.717, 1.165) is 12.8 Å². The lowest BCUT2D eigenvalue weighted by Gasteiger charge is -2.30. The van der Waals surface area contributed by atoms with E-state index in [-0.39, 0.29) is 0 Å². The summed E-state index contributed by atoms with van der Waals surface area (Å²) >= 11 is 2.29. The number of aliphatic hydroxyl groups is 1. The maximum absolute atomic E-state index is 12.6. The Morgan fingerprint density at radius 1 is 1.27 bits per heavy atom. The lowest BCUT2D eigenvalue weighted by molar-refractivity contribution is -0.0484. The third kappa shape index (κ3) is 2.37. The van der Waals surface area contributed by atoms with Gasteiger partial charge in [0.25, 0.3) is 0 Å². The molecule has 2 unspecified atom stereocenters. The van der Waals surface area contributed by atoms with Crippen molar-refractivity contribution >= 4 is 15.9 Å². The van der Waals surface area contributed by atoms with Crippen molar-refractivity contribution in [1.82, 2.24) is 0 Å². The number of rotatable bonds is 1. The van der Waals surface area contributed by atoms with Crippen LogP contribution in [0.4, 0.5) is 8.78 Å². The van der Waals surface area contributed by atoms with Gasteiger partial charge in [0.15, 0.2) is 0 Å². The first-order valence-electron chi connectivity index (χ1n) is 3.76. The molecular formula is C7H11BrF2O. The highest BCUT2D eigenvalue weighted by Gasteiger charge is 2.42. The first-order chi connectivity index (χ1) is 5.02. The summed E-state index contributed by atoms with van der Waals surface area (Å²) in [5, 5.41) is 9.19. The molecule has 0 radical (unpaired) electrons. The van der Waals surface area contributed by atoms with Crippen LogP contribution in [0.25, 0.3) is 0 Å². The second-order valence-electron chi connectivity index (χ2n) is 3.00. The van der Waals surface area contributed by atoms with E-state index in [1.165, 1.54) is 0 Å². The van der Waals surface area contributed by atoms with Crippen molar-refractivity contribution in [3.63, 3.8) is 0 Å². The van der Waals surface area contributed by atoms with E-state index in [2.05, 4.69) is 15.9 Å². The number of hydrogen-bond acceptors (Lipinski definition) is 1. The highest BCUT2D eigenvalue weighted by Crippen LogP contribution is 2.40. The van der Waals surface area contributed by atoms with E-state index in [4.69, 9.17) is 0 Å². The van der Waals surface area contributed by atoms with Crippen molar-refractivity contribution < 1.29 is 13.9 Å². The van der Waals surface area contributed by atoms with Gasteiger partial charge in [0.05, 0.1) is 12.0 Å². The Labute approximate surface area is 72.9 Å². The average Bonchev–Trinajstić information content (AvgIpc) is 1.86. The summed E-state index contributed by atoms with van der Waals surface area (Å²) in [6, 6.07) is 0. The highest BCUT2D eigenvalue weighted by atomic mass is 79.9. The highest BCUT2D eigenvalue weighted by molar-refractivity contribution is 9.10. The molecule has 1 nitrogen and oxygen atoms in total. The zero-order valence-corrected chi connectivity index (χ0v) is 7.65. The van der Waals surface area contributed by atoms with Gasteiger partial charge < -0.3 is 5.11 Å². The van der Waals surface area contributed by atoms with Crippen molar-refractivity contribution in [2.75, 3.05) is 0 Å². The van der Waals surface area contributed by atoms with E-state index in [1.54, 1.807) is 0 Å². The van der Waals surface area contributed by atoms with Crippen molar-refractivity contribution in [1.29, 1.82) is 0 Å². The average molecular weight is 229 g/mol. The minimum absolute atomic E-state index is 0.416. The smallest absolute Gasteiger partial charge is 0.306 e. The molecule has 2 atom stereocenters. The summed E-state index contributed by atoms with van der Waals surface area (Å²) in [4.78, 5) is -2.90. The molecule has 0 aromatic carbocycles. The van der Waals surface area contributed by atoms with Crippen molar-refractivity contribution in [3.05, 3.63) is 0 Å². The van der Waals surface area contributed by atoms with Crippen LogP contribution in [-0.2, 0) is 0 Å². The molecular weight excluding hydrogens is 218 g/mol. The Balaban J connectivity index is 2.55. The Kier molecular flexibility index (Phi) is 2.86. The minimum atomic E-state index is -2.90. The first kappa shape index (κ1) is 9.39. The third-order valence-electron chi connectivity index (χ3n) is 2.15. The Bertz CT molecular complexity index is 135. The maximum Gasteiger partial charge on any atom is 0.306 e. The number of aliphatic hydroxyl groups excluding tert-OH is 1. The molecule has 0 aromatic rings. The molecule has 0 bridgehead atoms. The van der Waals surface area contributed by atoms with E-state index in [9.17, 15) is 13.9 Å². The van der Waals surface area contributed by atoms with Gasteiger partial charge in [-0.3, -0.25) is 0 Å². The normalized spacial score (nSPS) is 33.8. The first-order valence-corrected chi connectivity index (χ1v) is 4.56. The van der Waals surface area contributed by atoms with Crippen LogP contribution >= 0.6 is 15.9 Å². The summed E-state index contributed by atoms with van der Waals surface area (Å²) in [5.41, 5.74) is 0. The molecule has 4 heteroatoms. The van der Waals surface area contributed by atoms with Gasteiger partial charge >= 0.3 is 4.83 Å². The lowest BCUT2D eigenvalue weighted by Crippen LogP contribution is -2.35. The summed E-state index contributed by atoms with van der Waals surface area (Å²) < 4.78 is 25.2. The zero-order chi connectivity index (χ0) is 8.48. The van der Waals surface area contributed by atoms with Crippen LogP contribution in [0, 0.1) is 5.92 Å². The molecule has 1 fully saturated rings. The van der Waals surface area contributed by atoms with Crippen LogP contribution in [0.1, 0.15) is 25.7 Å². The van der Waals surface area contributed by atoms with Crippen molar-refractivity contribution in [2.45, 2.75) is 36.6 Å². The van der Waals surface area contributed by atoms with Gasteiger partial charge in [-0.2, -0.15) is 8.78 Å². The van der Waals surface area contributed by atoms with Gasteiger partial charge in [0.1, 0.15) is 0 Å². The van der Waals surface area contributed by atoms with Gasteiger partial charge in [0.2, 0.25) is 0 Å². The molecule has 0 aromatic heterocycles. The standard InChI is InChI=1S/C7H11BrF2O/c8-7(9,10)5-3-1-2-4-6(5)11/h5-6,11H,1-4H2. The van der Waals surface area contributed by atoms with Gasteiger partial charge in [-0.1, -0.05) is 12.8 Å². The Morgan fingerprint density at radius 2 is 1.82 bits per heavy atom. The molecule has 1 saturated carbocycles. The van der Waals surface area contributed by atoms with Crippen molar-refractivity contribution in [3.8, 4) is 0 Å². The number of halogens is 3. The fraction of sp³-hybridized carbons (Fsp3) is 1.00. The molecule has 1 aliphatic carbocycles. The summed E-state index contributed by atoms with van der Waals surface area (Å²) in [6.07, 6.45) is 1.74. The quantitative estimate of drug-likeness (QED) is 0.685. The summed E-state index contributed by atoms with van der Waals surface area (Å²) in [5.74, 6) is -0.892. The Morgan fingerprint density at radius 3 is 2.18 bits per heavy atom. The molecule has 1 rings (SSSR count). The second-order valence-corrected chi connectivity index (χ2v) is 4.06. The van der Waals surface area contributed by atoms with Crippen LogP contribution < -0.4 is 0 Å². The van der Waals surface area contributed by atoms with Crippen LogP contribution in [0.5, 0.6) is 0 Å². The predicted octanol–water partition coefficient (Wildman–Crippen LogP) is 2.53. The van der Waals surface area contributed by atoms with E-state index >= 15 is 0 Å². The van der Waals surface area contributed by atoms with Crippen molar-refractivity contribution in [2.24, 2.45) is 5.92 Å². The van der Waals surface area contributed by atoms with Crippen LogP contribution in [-0.4, -0.2) is 16.0 Å². The van der Waals surface area contributed by atoms with Crippen LogP contribution in [0.2, 0.25) is 0 Å². The van der Waals surface area contributed by atoms with E-state index in [0.29, 0.717) is 12.8 Å². The fourth-order valence-electron chi connectivity index (χ4n) is 1.49. The summed E-state index contributed by atoms with van der Waals surface area (Å²) in [7, 11) is 0. The second kappa shape index (κ2) is 3.35. The van der Waals surface area contributed by atoms with E-state index < -0.39 is 16.9 Å². The maximum atomic E-state index is 12.6. The Hall–Kier alpha value is 0.300. The predicted molar refractivity (Wildman–Crippen MR) is 41.8 cm³/mol. The molecule has 0 aliphatic heterocycles. The molecule has 1 aliphatic rings.